The summed E-state index contributed by atoms with van der Waals surface area (Å²) in [4.78, 5) is 14.4. The fourth-order valence-electron chi connectivity index (χ4n) is 2.89. The summed E-state index contributed by atoms with van der Waals surface area (Å²) in [5.41, 5.74) is 1.12. The van der Waals surface area contributed by atoms with Crippen LogP contribution in [0.15, 0.2) is 24.3 Å². The summed E-state index contributed by atoms with van der Waals surface area (Å²) in [5, 5.41) is 3.86. The lowest BCUT2D eigenvalue weighted by Gasteiger charge is -2.29. The second-order valence-electron chi connectivity index (χ2n) is 6.18. The van der Waals surface area contributed by atoms with E-state index in [2.05, 4.69) is 30.1 Å². The maximum absolute atomic E-state index is 11.9. The molecular formula is C17H25ClN2O. The van der Waals surface area contributed by atoms with Gasteiger partial charge in [-0.3, -0.25) is 9.69 Å². The fourth-order valence-corrected chi connectivity index (χ4v) is 3.15. The van der Waals surface area contributed by atoms with Gasteiger partial charge in [-0.1, -0.05) is 43.6 Å². The first-order chi connectivity index (χ1) is 10.1. The van der Waals surface area contributed by atoms with Crippen molar-refractivity contribution in [2.24, 2.45) is 5.92 Å². The highest BCUT2D eigenvalue weighted by molar-refractivity contribution is 6.31. The minimum Gasteiger partial charge on any atom is -0.354 e. The van der Waals surface area contributed by atoms with E-state index in [1.54, 1.807) is 0 Å². The largest absolute Gasteiger partial charge is 0.354 e. The van der Waals surface area contributed by atoms with Crippen molar-refractivity contribution in [2.45, 2.75) is 39.2 Å². The molecular weight excluding hydrogens is 284 g/mol. The molecule has 1 aliphatic rings. The van der Waals surface area contributed by atoms with E-state index in [0.717, 1.165) is 23.7 Å². The third-order valence-corrected chi connectivity index (χ3v) is 4.28. The van der Waals surface area contributed by atoms with Gasteiger partial charge in [0.1, 0.15) is 0 Å². The summed E-state index contributed by atoms with van der Waals surface area (Å²) in [6.07, 6.45) is 3.02. The molecule has 0 radical (unpaired) electrons. The summed E-state index contributed by atoms with van der Waals surface area (Å²) >= 11 is 6.36. The number of benzene rings is 1. The molecule has 21 heavy (non-hydrogen) atoms. The van der Waals surface area contributed by atoms with Gasteiger partial charge in [-0.25, -0.2) is 0 Å². The molecule has 0 bridgehead atoms. The van der Waals surface area contributed by atoms with Crippen LogP contribution in [0.4, 0.5) is 0 Å². The van der Waals surface area contributed by atoms with E-state index in [-0.39, 0.29) is 11.9 Å². The molecule has 116 valence electrons. The maximum Gasteiger partial charge on any atom is 0.220 e. The van der Waals surface area contributed by atoms with Crippen LogP contribution in [0.3, 0.4) is 0 Å². The van der Waals surface area contributed by atoms with Crippen molar-refractivity contribution in [1.29, 1.82) is 0 Å². The Morgan fingerprint density at radius 1 is 1.29 bits per heavy atom. The van der Waals surface area contributed by atoms with Gasteiger partial charge in [-0.05, 0) is 43.5 Å². The summed E-state index contributed by atoms with van der Waals surface area (Å²) in [6.45, 7) is 6.92. The van der Waals surface area contributed by atoms with E-state index in [1.165, 1.54) is 12.8 Å². The highest BCUT2D eigenvalue weighted by Gasteiger charge is 2.25. The normalized spacial score (nSPS) is 17.1. The van der Waals surface area contributed by atoms with Crippen molar-refractivity contribution in [2.75, 3.05) is 19.6 Å². The topological polar surface area (TPSA) is 32.3 Å². The van der Waals surface area contributed by atoms with Gasteiger partial charge in [0.25, 0.3) is 0 Å². The standard InChI is InChI=1S/C17H25ClN2O/c1-13(2)11-17(21)19-12-16(20-9-5-6-10-20)14-7-3-4-8-15(14)18/h3-4,7-8,13,16H,5-6,9-12H2,1-2H3,(H,19,21)/t16-/m0/s1. The molecule has 0 aliphatic carbocycles. The Kier molecular flexibility index (Phi) is 6.07. The van der Waals surface area contributed by atoms with Crippen molar-refractivity contribution in [1.82, 2.24) is 10.2 Å². The van der Waals surface area contributed by atoms with Crippen LogP contribution in [-0.2, 0) is 4.79 Å². The van der Waals surface area contributed by atoms with Crippen LogP contribution in [0.1, 0.15) is 44.7 Å². The number of halogens is 1. The molecule has 0 aromatic heterocycles. The smallest absolute Gasteiger partial charge is 0.220 e. The molecule has 1 aromatic carbocycles. The van der Waals surface area contributed by atoms with Crippen LogP contribution in [0.5, 0.6) is 0 Å². The Morgan fingerprint density at radius 2 is 1.95 bits per heavy atom. The van der Waals surface area contributed by atoms with Crippen molar-refractivity contribution < 1.29 is 4.79 Å². The van der Waals surface area contributed by atoms with Crippen LogP contribution in [0.2, 0.25) is 5.02 Å². The number of nitrogens with one attached hydrogen (secondary N) is 1. The first-order valence-electron chi connectivity index (χ1n) is 7.83. The fraction of sp³-hybridized carbons (Fsp3) is 0.588. The summed E-state index contributed by atoms with van der Waals surface area (Å²) in [7, 11) is 0. The second-order valence-corrected chi connectivity index (χ2v) is 6.59. The van der Waals surface area contributed by atoms with E-state index >= 15 is 0 Å². The average Bonchev–Trinajstić information content (AvgIpc) is 2.94. The quantitative estimate of drug-likeness (QED) is 0.870. The average molecular weight is 309 g/mol. The van der Waals surface area contributed by atoms with Gasteiger partial charge in [0, 0.05) is 18.0 Å². The van der Waals surface area contributed by atoms with E-state index < -0.39 is 0 Å². The SMILES string of the molecule is CC(C)CC(=O)NC[C@@H](c1ccccc1Cl)N1CCCC1. The van der Waals surface area contributed by atoms with Gasteiger partial charge in [0.2, 0.25) is 5.91 Å². The molecule has 2 rings (SSSR count). The lowest BCUT2D eigenvalue weighted by Crippen LogP contribution is -2.37. The van der Waals surface area contributed by atoms with Crippen molar-refractivity contribution in [3.63, 3.8) is 0 Å². The molecule has 1 saturated heterocycles. The molecule has 1 heterocycles. The minimum absolute atomic E-state index is 0.126. The van der Waals surface area contributed by atoms with Crippen LogP contribution in [0, 0.1) is 5.92 Å². The van der Waals surface area contributed by atoms with Gasteiger partial charge in [0.15, 0.2) is 0 Å². The third kappa shape index (κ3) is 4.72. The van der Waals surface area contributed by atoms with Crippen LogP contribution < -0.4 is 5.32 Å². The van der Waals surface area contributed by atoms with Crippen LogP contribution >= 0.6 is 11.6 Å². The number of likely N-dealkylation sites (tertiary alicyclic amines) is 1. The Labute approximate surface area is 132 Å². The summed E-state index contributed by atoms with van der Waals surface area (Å²) < 4.78 is 0. The Morgan fingerprint density at radius 3 is 2.57 bits per heavy atom. The zero-order chi connectivity index (χ0) is 15.2. The number of rotatable bonds is 6. The minimum atomic E-state index is 0.126. The molecule has 3 nitrogen and oxygen atoms in total. The molecule has 1 amide bonds. The molecule has 0 saturated carbocycles. The number of hydrogen-bond acceptors (Lipinski definition) is 2. The predicted octanol–water partition coefficient (Wildman–Crippen LogP) is 3.64. The number of hydrogen-bond donors (Lipinski definition) is 1. The highest BCUT2D eigenvalue weighted by Crippen LogP contribution is 2.29. The molecule has 1 fully saturated rings. The molecule has 0 unspecified atom stereocenters. The highest BCUT2D eigenvalue weighted by atomic mass is 35.5. The molecule has 1 aromatic rings. The van der Waals surface area contributed by atoms with Gasteiger partial charge < -0.3 is 5.32 Å². The first-order valence-corrected chi connectivity index (χ1v) is 8.21. The molecule has 1 aliphatic heterocycles. The first kappa shape index (κ1) is 16.3. The van der Waals surface area contributed by atoms with Gasteiger partial charge >= 0.3 is 0 Å². The predicted molar refractivity (Wildman–Crippen MR) is 87.5 cm³/mol. The lowest BCUT2D eigenvalue weighted by molar-refractivity contribution is -0.122. The molecule has 4 heteroatoms. The zero-order valence-electron chi connectivity index (χ0n) is 12.9. The third-order valence-electron chi connectivity index (χ3n) is 3.93. The van der Waals surface area contributed by atoms with E-state index in [4.69, 9.17) is 11.6 Å². The molecule has 1 atom stereocenters. The van der Waals surface area contributed by atoms with E-state index in [0.29, 0.717) is 18.9 Å². The summed E-state index contributed by atoms with van der Waals surface area (Å²) in [6, 6.07) is 8.14. The van der Waals surface area contributed by atoms with Crippen molar-refractivity contribution in [3.8, 4) is 0 Å². The monoisotopic (exact) mass is 308 g/mol. The number of nitrogens with zero attached hydrogens (tertiary/aromatic N) is 1. The number of carbonyl (C=O) groups excluding carboxylic acids is 1. The van der Waals surface area contributed by atoms with Gasteiger partial charge in [-0.2, -0.15) is 0 Å². The molecule has 1 N–H and O–H groups in total. The molecule has 0 spiro atoms. The Bertz CT molecular complexity index is 470. The van der Waals surface area contributed by atoms with Crippen molar-refractivity contribution >= 4 is 17.5 Å². The number of carbonyl (C=O) groups is 1. The zero-order valence-corrected chi connectivity index (χ0v) is 13.7. The van der Waals surface area contributed by atoms with Gasteiger partial charge in [-0.15, -0.1) is 0 Å². The maximum atomic E-state index is 11.9. The summed E-state index contributed by atoms with van der Waals surface area (Å²) in [5.74, 6) is 0.511. The number of amides is 1. The van der Waals surface area contributed by atoms with E-state index in [9.17, 15) is 4.79 Å². The van der Waals surface area contributed by atoms with Crippen LogP contribution in [0.25, 0.3) is 0 Å². The second kappa shape index (κ2) is 7.81. The Balaban J connectivity index is 2.06. The van der Waals surface area contributed by atoms with Crippen molar-refractivity contribution in [3.05, 3.63) is 34.9 Å². The Hall–Kier alpha value is -1.06. The van der Waals surface area contributed by atoms with Crippen LogP contribution in [-0.4, -0.2) is 30.4 Å². The van der Waals surface area contributed by atoms with E-state index in [1.807, 2.05) is 18.2 Å². The lowest BCUT2D eigenvalue weighted by atomic mass is 10.0. The van der Waals surface area contributed by atoms with Gasteiger partial charge in [0.05, 0.1) is 6.04 Å².